The van der Waals surface area contributed by atoms with Crippen molar-refractivity contribution in [3.63, 3.8) is 0 Å². The summed E-state index contributed by atoms with van der Waals surface area (Å²) in [6, 6.07) is 17.2. The number of hydrogen-bond donors (Lipinski definition) is 1. The number of nitrogens with zero attached hydrogens (tertiary/aromatic N) is 5. The Balaban J connectivity index is 1.35. The van der Waals surface area contributed by atoms with Gasteiger partial charge in [-0.2, -0.15) is 0 Å². The first kappa shape index (κ1) is 19.8. The van der Waals surface area contributed by atoms with Gasteiger partial charge in [0.1, 0.15) is 0 Å². The molecule has 5 aromatic rings. The lowest BCUT2D eigenvalue weighted by molar-refractivity contribution is 0.122. The highest BCUT2D eigenvalue weighted by Gasteiger charge is 2.13. The second kappa shape index (κ2) is 7.94. The highest BCUT2D eigenvalue weighted by Crippen LogP contribution is 2.29. The van der Waals surface area contributed by atoms with Crippen molar-refractivity contribution in [1.82, 2.24) is 18.9 Å². The highest BCUT2D eigenvalue weighted by molar-refractivity contribution is 5.86. The maximum absolute atomic E-state index is 5.46. The van der Waals surface area contributed by atoms with Crippen molar-refractivity contribution in [3.8, 4) is 11.3 Å². The number of hydrogen-bond acceptors (Lipinski definition) is 5. The Morgan fingerprint density at radius 1 is 1.00 bits per heavy atom. The summed E-state index contributed by atoms with van der Waals surface area (Å²) in [7, 11) is 2.10. The lowest BCUT2D eigenvalue weighted by Crippen LogP contribution is -2.36. The van der Waals surface area contributed by atoms with Gasteiger partial charge in [-0.3, -0.25) is 0 Å². The van der Waals surface area contributed by atoms with Crippen molar-refractivity contribution in [2.45, 2.75) is 6.92 Å². The Labute approximate surface area is 192 Å². The summed E-state index contributed by atoms with van der Waals surface area (Å²) >= 11 is 0. The van der Waals surface area contributed by atoms with Gasteiger partial charge in [0.2, 0.25) is 0 Å². The summed E-state index contributed by atoms with van der Waals surface area (Å²) in [4.78, 5) is 11.8. The van der Waals surface area contributed by atoms with Crippen LogP contribution < -0.4 is 10.2 Å². The first-order chi connectivity index (χ1) is 16.2. The van der Waals surface area contributed by atoms with Gasteiger partial charge in [0.05, 0.1) is 18.9 Å². The molecule has 7 heteroatoms. The van der Waals surface area contributed by atoms with E-state index in [0.717, 1.165) is 54.7 Å². The second-order valence-electron chi connectivity index (χ2n) is 8.52. The van der Waals surface area contributed by atoms with Crippen molar-refractivity contribution in [1.29, 1.82) is 0 Å². The highest BCUT2D eigenvalue weighted by atomic mass is 16.5. The predicted octanol–water partition coefficient (Wildman–Crippen LogP) is 4.78. The molecule has 0 saturated carbocycles. The molecule has 1 saturated heterocycles. The van der Waals surface area contributed by atoms with E-state index in [1.807, 2.05) is 16.8 Å². The lowest BCUT2D eigenvalue weighted by atomic mass is 10.1. The van der Waals surface area contributed by atoms with E-state index in [2.05, 4.69) is 82.3 Å². The number of benzene rings is 2. The number of aryl methyl sites for hydroxylation is 2. The molecule has 0 radical (unpaired) electrons. The van der Waals surface area contributed by atoms with E-state index in [4.69, 9.17) is 9.72 Å². The Morgan fingerprint density at radius 3 is 2.64 bits per heavy atom. The number of morpholine rings is 1. The number of aromatic nitrogens is 4. The Morgan fingerprint density at radius 2 is 1.82 bits per heavy atom. The van der Waals surface area contributed by atoms with E-state index in [1.54, 1.807) is 6.20 Å². The van der Waals surface area contributed by atoms with Crippen LogP contribution in [0.3, 0.4) is 0 Å². The van der Waals surface area contributed by atoms with Crippen LogP contribution in [-0.4, -0.2) is 45.2 Å². The monoisotopic (exact) mass is 438 g/mol. The fraction of sp³-hybridized carbons (Fsp3) is 0.231. The Kier molecular flexibility index (Phi) is 4.77. The third-order valence-electron chi connectivity index (χ3n) is 6.46. The Bertz CT molecular complexity index is 1440. The molecule has 0 spiro atoms. The maximum Gasteiger partial charge on any atom is 0.180 e. The number of imidazole rings is 1. The zero-order valence-corrected chi connectivity index (χ0v) is 18.8. The molecule has 4 heterocycles. The normalized spacial score (nSPS) is 14.3. The standard InChI is InChI=1S/C26H26N6O/c1-18-15-20-4-3-19(16-24(20)30(18)2)23-17-32-10-9-27-26(32)25(29-23)28-21-5-7-22(8-6-21)31-11-13-33-14-12-31/h3-10,15-17H,11-14H2,1-2H3,(H,28,29). The van der Waals surface area contributed by atoms with Gasteiger partial charge in [0.25, 0.3) is 0 Å². The van der Waals surface area contributed by atoms with Crippen molar-refractivity contribution in [3.05, 3.63) is 72.8 Å². The molecule has 3 aromatic heterocycles. The Hall–Kier alpha value is -3.84. The molecule has 0 atom stereocenters. The first-order valence-electron chi connectivity index (χ1n) is 11.3. The van der Waals surface area contributed by atoms with Gasteiger partial charge >= 0.3 is 0 Å². The topological polar surface area (TPSA) is 59.6 Å². The van der Waals surface area contributed by atoms with Crippen LogP contribution in [0, 0.1) is 6.92 Å². The molecule has 1 N–H and O–H groups in total. The minimum Gasteiger partial charge on any atom is -0.378 e. The molecule has 1 aliphatic heterocycles. The largest absolute Gasteiger partial charge is 0.378 e. The molecule has 1 aliphatic rings. The lowest BCUT2D eigenvalue weighted by Gasteiger charge is -2.28. The quantitative estimate of drug-likeness (QED) is 0.438. The molecule has 0 aliphatic carbocycles. The van der Waals surface area contributed by atoms with Crippen LogP contribution in [0.15, 0.2) is 67.1 Å². The summed E-state index contributed by atoms with van der Waals surface area (Å²) in [6.45, 7) is 5.54. The van der Waals surface area contributed by atoms with Crippen LogP contribution >= 0.6 is 0 Å². The molecule has 6 rings (SSSR count). The van der Waals surface area contributed by atoms with Crippen LogP contribution in [0.25, 0.3) is 27.8 Å². The fourth-order valence-corrected chi connectivity index (χ4v) is 4.50. The van der Waals surface area contributed by atoms with Gasteiger partial charge in [0, 0.05) is 66.9 Å². The molecule has 1 fully saturated rings. The number of anilines is 3. The first-order valence-corrected chi connectivity index (χ1v) is 11.3. The van der Waals surface area contributed by atoms with E-state index in [9.17, 15) is 0 Å². The van der Waals surface area contributed by atoms with Gasteiger partial charge in [-0.05, 0) is 48.7 Å². The zero-order chi connectivity index (χ0) is 22.4. The van der Waals surface area contributed by atoms with Crippen LogP contribution in [0.1, 0.15) is 5.69 Å². The predicted molar refractivity (Wildman–Crippen MR) is 132 cm³/mol. The van der Waals surface area contributed by atoms with Crippen LogP contribution in [0.2, 0.25) is 0 Å². The van der Waals surface area contributed by atoms with Gasteiger partial charge in [-0.15, -0.1) is 0 Å². The average molecular weight is 439 g/mol. The van der Waals surface area contributed by atoms with Crippen molar-refractivity contribution < 1.29 is 4.74 Å². The SMILES string of the molecule is Cc1cc2ccc(-c3cn4ccnc4c(Nc4ccc(N5CCOCC5)cc4)n3)cc2n1C. The molecular formula is C26H26N6O. The minimum atomic E-state index is 0.736. The van der Waals surface area contributed by atoms with E-state index < -0.39 is 0 Å². The van der Waals surface area contributed by atoms with Crippen LogP contribution in [0.4, 0.5) is 17.2 Å². The number of rotatable bonds is 4. The fourth-order valence-electron chi connectivity index (χ4n) is 4.50. The number of ether oxygens (including phenoxy) is 1. The number of fused-ring (bicyclic) bond motifs is 2. The van der Waals surface area contributed by atoms with Gasteiger partial charge in [0.15, 0.2) is 11.5 Å². The van der Waals surface area contributed by atoms with E-state index in [-0.39, 0.29) is 0 Å². The van der Waals surface area contributed by atoms with Gasteiger partial charge < -0.3 is 23.9 Å². The summed E-state index contributed by atoms with van der Waals surface area (Å²) in [5.41, 5.74) is 7.40. The second-order valence-corrected chi connectivity index (χ2v) is 8.52. The molecule has 2 aromatic carbocycles. The molecule has 33 heavy (non-hydrogen) atoms. The molecular weight excluding hydrogens is 412 g/mol. The van der Waals surface area contributed by atoms with E-state index in [1.165, 1.54) is 22.3 Å². The summed E-state index contributed by atoms with van der Waals surface area (Å²) in [6.07, 6.45) is 5.79. The maximum atomic E-state index is 5.46. The van der Waals surface area contributed by atoms with Crippen LogP contribution in [-0.2, 0) is 11.8 Å². The molecule has 0 unspecified atom stereocenters. The summed E-state index contributed by atoms with van der Waals surface area (Å²) in [5, 5.41) is 4.72. The third-order valence-corrected chi connectivity index (χ3v) is 6.46. The van der Waals surface area contributed by atoms with Crippen molar-refractivity contribution in [2.24, 2.45) is 7.05 Å². The third kappa shape index (κ3) is 3.60. The van der Waals surface area contributed by atoms with Crippen molar-refractivity contribution >= 4 is 33.7 Å². The number of nitrogens with one attached hydrogen (secondary N) is 1. The smallest absolute Gasteiger partial charge is 0.180 e. The van der Waals surface area contributed by atoms with Gasteiger partial charge in [-0.1, -0.05) is 12.1 Å². The van der Waals surface area contributed by atoms with Crippen LogP contribution in [0.5, 0.6) is 0 Å². The minimum absolute atomic E-state index is 0.736. The van der Waals surface area contributed by atoms with E-state index >= 15 is 0 Å². The summed E-state index contributed by atoms with van der Waals surface area (Å²) < 4.78 is 9.70. The zero-order valence-electron chi connectivity index (χ0n) is 18.8. The summed E-state index contributed by atoms with van der Waals surface area (Å²) in [5.74, 6) is 0.736. The molecule has 7 nitrogen and oxygen atoms in total. The van der Waals surface area contributed by atoms with Crippen molar-refractivity contribution in [2.75, 3.05) is 36.5 Å². The molecule has 0 bridgehead atoms. The van der Waals surface area contributed by atoms with Gasteiger partial charge in [-0.25, -0.2) is 9.97 Å². The molecule has 166 valence electrons. The molecule has 0 amide bonds. The average Bonchev–Trinajstić information content (AvgIpc) is 3.44. The van der Waals surface area contributed by atoms with E-state index in [0.29, 0.717) is 0 Å².